The lowest BCUT2D eigenvalue weighted by Crippen LogP contribution is -2.30. The number of hydrogen-bond donors (Lipinski definition) is 2. The van der Waals surface area contributed by atoms with Crippen molar-refractivity contribution in [3.8, 4) is 5.75 Å². The van der Waals surface area contributed by atoms with E-state index in [0.29, 0.717) is 22.3 Å². The molecule has 0 aliphatic heterocycles. The Labute approximate surface area is 147 Å². The normalized spacial score (nSPS) is 10.6. The van der Waals surface area contributed by atoms with Gasteiger partial charge in [-0.1, -0.05) is 36.0 Å². The summed E-state index contributed by atoms with van der Waals surface area (Å²) in [5, 5.41) is 3.48. The summed E-state index contributed by atoms with van der Waals surface area (Å²) in [4.78, 5) is 28.8. The molecule has 3 N–H and O–H groups in total. The summed E-state index contributed by atoms with van der Waals surface area (Å²) in [6.45, 7) is 0. The third kappa shape index (κ3) is 3.58. The topological polar surface area (TPSA) is 99.2 Å². The van der Waals surface area contributed by atoms with E-state index in [1.165, 1.54) is 7.11 Å². The number of methoxy groups -OCH3 is 1. The number of fused-ring (bicyclic) bond motifs is 1. The van der Waals surface area contributed by atoms with Crippen LogP contribution < -0.4 is 21.5 Å². The molecule has 7 nitrogen and oxygen atoms in total. The number of ether oxygens (including phenoxy) is 1. The van der Waals surface area contributed by atoms with Gasteiger partial charge >= 0.3 is 0 Å². The smallest absolute Gasteiger partial charge is 0.280 e. The molecule has 0 saturated heterocycles. The molecule has 1 aromatic heterocycles. The number of nitrogens with two attached hydrogens (primary N) is 1. The van der Waals surface area contributed by atoms with E-state index in [2.05, 4.69) is 10.3 Å². The fourth-order valence-electron chi connectivity index (χ4n) is 2.29. The predicted molar refractivity (Wildman–Crippen MR) is 98.5 cm³/mol. The summed E-state index contributed by atoms with van der Waals surface area (Å²) in [5.41, 5.74) is 0.771. The second-order valence-corrected chi connectivity index (χ2v) is 6.07. The van der Waals surface area contributed by atoms with Gasteiger partial charge in [-0.15, -0.1) is 0 Å². The monoisotopic (exact) mass is 356 g/mol. The average Bonchev–Trinajstić information content (AvgIpc) is 2.64. The molecule has 8 heteroatoms. The highest BCUT2D eigenvalue weighted by Gasteiger charge is 2.12. The fourth-order valence-corrected chi connectivity index (χ4v) is 3.01. The fraction of sp³-hybridized carbons (Fsp3) is 0.118. The molecule has 0 aliphatic carbocycles. The molecule has 25 heavy (non-hydrogen) atoms. The number of anilines is 1. The Morgan fingerprint density at radius 1 is 1.24 bits per heavy atom. The molecule has 1 amide bonds. The number of rotatable bonds is 5. The van der Waals surface area contributed by atoms with Crippen LogP contribution in [0, 0.1) is 0 Å². The number of nitrogens with zero attached hydrogens (tertiary/aromatic N) is 2. The Bertz CT molecular complexity index is 987. The molecule has 0 atom stereocenters. The second-order valence-electron chi connectivity index (χ2n) is 5.12. The highest BCUT2D eigenvalue weighted by atomic mass is 32.2. The van der Waals surface area contributed by atoms with Crippen molar-refractivity contribution < 1.29 is 9.53 Å². The maximum atomic E-state index is 12.2. The number of nitrogens with one attached hydrogen (secondary N) is 1. The standard InChI is InChI=1S/C17H16N4O3S/c1-24-14-9-5-4-8-13(14)19-15(22)10-25-17-20-12-7-3-2-6-11(12)16(23)21(17)18/h2-9H,10,18H2,1H3,(H,19,22). The van der Waals surface area contributed by atoms with Gasteiger partial charge in [-0.25, -0.2) is 9.66 Å². The van der Waals surface area contributed by atoms with Crippen molar-refractivity contribution in [2.75, 3.05) is 24.0 Å². The SMILES string of the molecule is COc1ccccc1NC(=O)CSc1nc2ccccc2c(=O)n1N. The number of benzene rings is 2. The first kappa shape index (κ1) is 16.8. The number of nitrogen functional groups attached to an aromatic ring is 1. The lowest BCUT2D eigenvalue weighted by atomic mass is 10.2. The van der Waals surface area contributed by atoms with Gasteiger partial charge in [-0.3, -0.25) is 9.59 Å². The minimum atomic E-state index is -0.349. The summed E-state index contributed by atoms with van der Waals surface area (Å²) in [6, 6.07) is 14.0. The number of thioether (sulfide) groups is 1. The summed E-state index contributed by atoms with van der Waals surface area (Å²) in [5.74, 6) is 6.17. The van der Waals surface area contributed by atoms with E-state index in [1.807, 2.05) is 6.07 Å². The molecule has 0 spiro atoms. The van der Waals surface area contributed by atoms with E-state index >= 15 is 0 Å². The van der Waals surface area contributed by atoms with E-state index in [9.17, 15) is 9.59 Å². The summed E-state index contributed by atoms with van der Waals surface area (Å²) >= 11 is 1.09. The first-order valence-electron chi connectivity index (χ1n) is 7.42. The van der Waals surface area contributed by atoms with Gasteiger partial charge in [0, 0.05) is 0 Å². The van der Waals surface area contributed by atoms with Crippen molar-refractivity contribution in [2.45, 2.75) is 5.16 Å². The van der Waals surface area contributed by atoms with Gasteiger partial charge in [0.1, 0.15) is 5.75 Å². The van der Waals surface area contributed by atoms with Gasteiger partial charge in [0.05, 0.1) is 29.5 Å². The molecule has 3 rings (SSSR count). The Morgan fingerprint density at radius 2 is 1.96 bits per heavy atom. The van der Waals surface area contributed by atoms with E-state index in [-0.39, 0.29) is 22.4 Å². The molecule has 0 saturated carbocycles. The van der Waals surface area contributed by atoms with Crippen LogP contribution in [0.4, 0.5) is 5.69 Å². The molecule has 2 aromatic carbocycles. The van der Waals surface area contributed by atoms with Gasteiger partial charge in [-0.2, -0.15) is 0 Å². The van der Waals surface area contributed by atoms with Crippen LogP contribution >= 0.6 is 11.8 Å². The van der Waals surface area contributed by atoms with Crippen LogP contribution in [-0.2, 0) is 4.79 Å². The van der Waals surface area contributed by atoms with Crippen LogP contribution in [-0.4, -0.2) is 28.4 Å². The Morgan fingerprint density at radius 3 is 2.76 bits per heavy atom. The summed E-state index contributed by atoms with van der Waals surface area (Å²) < 4.78 is 6.15. The molecule has 0 unspecified atom stereocenters. The number of amides is 1. The van der Waals surface area contributed by atoms with Gasteiger partial charge in [0.25, 0.3) is 5.56 Å². The van der Waals surface area contributed by atoms with Crippen LogP contribution in [0.25, 0.3) is 10.9 Å². The zero-order valence-electron chi connectivity index (χ0n) is 13.4. The van der Waals surface area contributed by atoms with Crippen LogP contribution in [0.2, 0.25) is 0 Å². The van der Waals surface area contributed by atoms with Crippen molar-refractivity contribution in [2.24, 2.45) is 0 Å². The largest absolute Gasteiger partial charge is 0.495 e. The zero-order chi connectivity index (χ0) is 17.8. The highest BCUT2D eigenvalue weighted by Crippen LogP contribution is 2.23. The van der Waals surface area contributed by atoms with Crippen molar-refractivity contribution in [3.63, 3.8) is 0 Å². The Hall–Kier alpha value is -3.00. The zero-order valence-corrected chi connectivity index (χ0v) is 14.2. The van der Waals surface area contributed by atoms with Gasteiger partial charge in [-0.05, 0) is 24.3 Å². The van der Waals surface area contributed by atoms with Crippen molar-refractivity contribution in [3.05, 3.63) is 58.9 Å². The van der Waals surface area contributed by atoms with Crippen LogP contribution in [0.15, 0.2) is 58.5 Å². The third-order valence-electron chi connectivity index (χ3n) is 3.49. The van der Waals surface area contributed by atoms with E-state index < -0.39 is 0 Å². The molecule has 128 valence electrons. The maximum Gasteiger partial charge on any atom is 0.280 e. The minimum Gasteiger partial charge on any atom is -0.495 e. The first-order chi connectivity index (χ1) is 12.1. The summed E-state index contributed by atoms with van der Waals surface area (Å²) in [7, 11) is 1.53. The lowest BCUT2D eigenvalue weighted by molar-refractivity contribution is -0.113. The molecule has 0 aliphatic rings. The highest BCUT2D eigenvalue weighted by molar-refractivity contribution is 7.99. The van der Waals surface area contributed by atoms with E-state index in [1.54, 1.807) is 42.5 Å². The van der Waals surface area contributed by atoms with Crippen molar-refractivity contribution in [1.82, 2.24) is 9.66 Å². The lowest BCUT2D eigenvalue weighted by Gasteiger charge is -2.10. The number of para-hydroxylation sites is 3. The van der Waals surface area contributed by atoms with Crippen LogP contribution in [0.1, 0.15) is 0 Å². The molecular formula is C17H16N4O3S. The maximum absolute atomic E-state index is 12.2. The molecule has 3 aromatic rings. The quantitative estimate of drug-likeness (QED) is 0.411. The Balaban J connectivity index is 1.75. The number of aromatic nitrogens is 2. The first-order valence-corrected chi connectivity index (χ1v) is 8.41. The van der Waals surface area contributed by atoms with Gasteiger partial charge in [0.2, 0.25) is 5.91 Å². The Kier molecular flexibility index (Phi) is 4.90. The molecule has 0 radical (unpaired) electrons. The van der Waals surface area contributed by atoms with Crippen LogP contribution in [0.5, 0.6) is 5.75 Å². The number of hydrogen-bond acceptors (Lipinski definition) is 6. The van der Waals surface area contributed by atoms with Crippen LogP contribution in [0.3, 0.4) is 0 Å². The number of carbonyl (C=O) groups is 1. The predicted octanol–water partition coefficient (Wildman–Crippen LogP) is 1.85. The second kappa shape index (κ2) is 7.27. The molecular weight excluding hydrogens is 340 g/mol. The van der Waals surface area contributed by atoms with E-state index in [4.69, 9.17) is 10.6 Å². The van der Waals surface area contributed by atoms with E-state index in [0.717, 1.165) is 16.4 Å². The van der Waals surface area contributed by atoms with Gasteiger partial charge < -0.3 is 15.9 Å². The van der Waals surface area contributed by atoms with Crippen molar-refractivity contribution in [1.29, 1.82) is 0 Å². The molecule has 0 bridgehead atoms. The summed E-state index contributed by atoms with van der Waals surface area (Å²) in [6.07, 6.45) is 0. The molecule has 1 heterocycles. The molecule has 0 fully saturated rings. The average molecular weight is 356 g/mol. The van der Waals surface area contributed by atoms with Gasteiger partial charge in [0.15, 0.2) is 5.16 Å². The third-order valence-corrected chi connectivity index (χ3v) is 4.44. The van der Waals surface area contributed by atoms with Crippen molar-refractivity contribution >= 4 is 34.3 Å². The number of carbonyl (C=O) groups excluding carboxylic acids is 1. The minimum absolute atomic E-state index is 0.0556.